The highest BCUT2D eigenvalue weighted by Crippen LogP contribution is 2.35. The van der Waals surface area contributed by atoms with Gasteiger partial charge in [-0.3, -0.25) is 0 Å². The van der Waals surface area contributed by atoms with Crippen molar-refractivity contribution in [1.29, 1.82) is 0 Å². The van der Waals surface area contributed by atoms with Crippen LogP contribution >= 0.6 is 11.6 Å². The fourth-order valence-corrected chi connectivity index (χ4v) is 2.27. The van der Waals surface area contributed by atoms with E-state index in [1.54, 1.807) is 0 Å². The summed E-state index contributed by atoms with van der Waals surface area (Å²) in [7, 11) is 0. The second-order valence-electron chi connectivity index (χ2n) is 4.40. The Kier molecular flexibility index (Phi) is 3.72. The van der Waals surface area contributed by atoms with Crippen LogP contribution in [0.15, 0.2) is 18.2 Å². The standard InChI is InChI=1S/C13H19ClN2/c1-2-7-16(12-5-6-12)13-8-11(14)4-3-10(13)9-15/h3-4,8,12H,2,5-7,9,15H2,1H3. The monoisotopic (exact) mass is 238 g/mol. The number of benzene rings is 1. The van der Waals surface area contributed by atoms with Crippen molar-refractivity contribution in [3.8, 4) is 0 Å². The molecule has 1 saturated carbocycles. The first-order valence-corrected chi connectivity index (χ1v) is 6.39. The number of nitrogens with zero attached hydrogens (tertiary/aromatic N) is 1. The Morgan fingerprint density at radius 3 is 2.75 bits per heavy atom. The van der Waals surface area contributed by atoms with Crippen LogP contribution in [0.5, 0.6) is 0 Å². The second-order valence-corrected chi connectivity index (χ2v) is 4.84. The van der Waals surface area contributed by atoms with Crippen molar-refractivity contribution in [1.82, 2.24) is 0 Å². The SMILES string of the molecule is CCCN(c1cc(Cl)ccc1CN)C1CC1. The zero-order valence-electron chi connectivity index (χ0n) is 9.75. The van der Waals surface area contributed by atoms with E-state index in [9.17, 15) is 0 Å². The van der Waals surface area contributed by atoms with Crippen LogP contribution in [0.25, 0.3) is 0 Å². The number of nitrogens with two attached hydrogens (primary N) is 1. The summed E-state index contributed by atoms with van der Waals surface area (Å²) in [5, 5.41) is 0.800. The van der Waals surface area contributed by atoms with E-state index in [0.717, 1.165) is 18.0 Å². The van der Waals surface area contributed by atoms with Crippen molar-refractivity contribution < 1.29 is 0 Å². The molecule has 0 bridgehead atoms. The summed E-state index contributed by atoms with van der Waals surface area (Å²) in [5.41, 5.74) is 8.22. The molecule has 0 spiro atoms. The quantitative estimate of drug-likeness (QED) is 0.854. The molecule has 0 aliphatic heterocycles. The average molecular weight is 239 g/mol. The summed E-state index contributed by atoms with van der Waals surface area (Å²) in [4.78, 5) is 2.47. The molecule has 3 heteroatoms. The van der Waals surface area contributed by atoms with E-state index in [-0.39, 0.29) is 0 Å². The Bertz CT molecular complexity index is 361. The number of hydrogen-bond donors (Lipinski definition) is 1. The lowest BCUT2D eigenvalue weighted by molar-refractivity contribution is 0.757. The van der Waals surface area contributed by atoms with Gasteiger partial charge in [0.1, 0.15) is 0 Å². The highest BCUT2D eigenvalue weighted by Gasteiger charge is 2.29. The molecule has 0 saturated heterocycles. The summed E-state index contributed by atoms with van der Waals surface area (Å²) in [6.45, 7) is 3.89. The van der Waals surface area contributed by atoms with Gasteiger partial charge in [-0.25, -0.2) is 0 Å². The molecule has 88 valence electrons. The van der Waals surface area contributed by atoms with Gasteiger partial charge < -0.3 is 10.6 Å². The molecule has 0 heterocycles. The lowest BCUT2D eigenvalue weighted by Crippen LogP contribution is -2.27. The largest absolute Gasteiger partial charge is 0.368 e. The van der Waals surface area contributed by atoms with Crippen LogP contribution < -0.4 is 10.6 Å². The smallest absolute Gasteiger partial charge is 0.0429 e. The van der Waals surface area contributed by atoms with Crippen molar-refractivity contribution in [3.05, 3.63) is 28.8 Å². The molecule has 0 atom stereocenters. The molecular formula is C13H19ClN2. The van der Waals surface area contributed by atoms with E-state index in [1.165, 1.54) is 24.1 Å². The van der Waals surface area contributed by atoms with Crippen LogP contribution in [0.4, 0.5) is 5.69 Å². The number of halogens is 1. The summed E-state index contributed by atoms with van der Waals surface area (Å²) in [6, 6.07) is 6.73. The number of hydrogen-bond acceptors (Lipinski definition) is 2. The molecule has 1 aromatic carbocycles. The molecule has 0 amide bonds. The maximum absolute atomic E-state index is 6.08. The zero-order valence-corrected chi connectivity index (χ0v) is 10.5. The Morgan fingerprint density at radius 2 is 2.19 bits per heavy atom. The van der Waals surface area contributed by atoms with Gasteiger partial charge in [0.25, 0.3) is 0 Å². The summed E-state index contributed by atoms with van der Waals surface area (Å²) >= 11 is 6.08. The van der Waals surface area contributed by atoms with Crippen LogP contribution in [-0.4, -0.2) is 12.6 Å². The predicted octanol–water partition coefficient (Wildman–Crippen LogP) is 3.18. The minimum atomic E-state index is 0.583. The van der Waals surface area contributed by atoms with Gasteiger partial charge in [-0.1, -0.05) is 24.6 Å². The Labute approximate surface area is 102 Å². The van der Waals surface area contributed by atoms with E-state index in [4.69, 9.17) is 17.3 Å². The fraction of sp³-hybridized carbons (Fsp3) is 0.538. The molecule has 2 N–H and O–H groups in total. The first-order chi connectivity index (χ1) is 7.76. The molecule has 1 aromatic rings. The van der Waals surface area contributed by atoms with Crippen molar-refractivity contribution in [3.63, 3.8) is 0 Å². The van der Waals surface area contributed by atoms with Crippen LogP contribution in [-0.2, 0) is 6.54 Å². The highest BCUT2D eigenvalue weighted by atomic mass is 35.5. The van der Waals surface area contributed by atoms with Gasteiger partial charge in [-0.05, 0) is 37.0 Å². The average Bonchev–Trinajstić information content (AvgIpc) is 3.10. The first-order valence-electron chi connectivity index (χ1n) is 6.01. The predicted molar refractivity (Wildman–Crippen MR) is 70.0 cm³/mol. The summed E-state index contributed by atoms with van der Waals surface area (Å²) in [6.07, 6.45) is 3.76. The molecule has 1 fully saturated rings. The summed E-state index contributed by atoms with van der Waals surface area (Å²) in [5.74, 6) is 0. The van der Waals surface area contributed by atoms with E-state index >= 15 is 0 Å². The van der Waals surface area contributed by atoms with Gasteiger partial charge in [0.15, 0.2) is 0 Å². The first kappa shape index (κ1) is 11.7. The van der Waals surface area contributed by atoms with Crippen molar-refractivity contribution in [2.45, 2.75) is 38.8 Å². The molecule has 2 rings (SSSR count). The maximum Gasteiger partial charge on any atom is 0.0429 e. The van der Waals surface area contributed by atoms with Crippen LogP contribution in [0.3, 0.4) is 0 Å². The van der Waals surface area contributed by atoms with Crippen molar-refractivity contribution in [2.24, 2.45) is 5.73 Å². The van der Waals surface area contributed by atoms with E-state index in [0.29, 0.717) is 12.6 Å². The third-order valence-electron chi connectivity index (χ3n) is 3.03. The number of rotatable bonds is 5. The molecule has 1 aliphatic carbocycles. The zero-order chi connectivity index (χ0) is 11.5. The highest BCUT2D eigenvalue weighted by molar-refractivity contribution is 6.30. The maximum atomic E-state index is 6.08. The van der Waals surface area contributed by atoms with Crippen LogP contribution in [0.2, 0.25) is 5.02 Å². The lowest BCUT2D eigenvalue weighted by Gasteiger charge is -2.26. The van der Waals surface area contributed by atoms with Gasteiger partial charge in [-0.2, -0.15) is 0 Å². The van der Waals surface area contributed by atoms with Gasteiger partial charge in [0.2, 0.25) is 0 Å². The fourth-order valence-electron chi connectivity index (χ4n) is 2.10. The minimum absolute atomic E-state index is 0.583. The van der Waals surface area contributed by atoms with Crippen LogP contribution in [0.1, 0.15) is 31.7 Å². The van der Waals surface area contributed by atoms with E-state index in [2.05, 4.69) is 17.9 Å². The molecule has 0 aromatic heterocycles. The third kappa shape index (κ3) is 2.50. The van der Waals surface area contributed by atoms with E-state index in [1.807, 2.05) is 12.1 Å². The Hall–Kier alpha value is -0.730. The van der Waals surface area contributed by atoms with Gasteiger partial charge in [-0.15, -0.1) is 0 Å². The van der Waals surface area contributed by atoms with Gasteiger partial charge >= 0.3 is 0 Å². The van der Waals surface area contributed by atoms with Crippen LogP contribution in [0, 0.1) is 0 Å². The molecule has 16 heavy (non-hydrogen) atoms. The molecule has 2 nitrogen and oxygen atoms in total. The number of anilines is 1. The second kappa shape index (κ2) is 5.07. The normalized spacial score (nSPS) is 15.2. The molecule has 0 unspecified atom stereocenters. The Morgan fingerprint density at radius 1 is 1.44 bits per heavy atom. The lowest BCUT2D eigenvalue weighted by atomic mass is 10.1. The third-order valence-corrected chi connectivity index (χ3v) is 3.26. The topological polar surface area (TPSA) is 29.3 Å². The van der Waals surface area contributed by atoms with Crippen molar-refractivity contribution in [2.75, 3.05) is 11.4 Å². The summed E-state index contributed by atoms with van der Waals surface area (Å²) < 4.78 is 0. The van der Waals surface area contributed by atoms with Gasteiger partial charge in [0, 0.05) is 29.8 Å². The molecule has 1 aliphatic rings. The molecule has 0 radical (unpaired) electrons. The Balaban J connectivity index is 2.30. The van der Waals surface area contributed by atoms with Gasteiger partial charge in [0.05, 0.1) is 0 Å². The minimum Gasteiger partial charge on any atom is -0.368 e. The molecular weight excluding hydrogens is 220 g/mol. The van der Waals surface area contributed by atoms with E-state index < -0.39 is 0 Å². The van der Waals surface area contributed by atoms with Crippen molar-refractivity contribution >= 4 is 17.3 Å².